The summed E-state index contributed by atoms with van der Waals surface area (Å²) in [5.41, 5.74) is 2.49. The summed E-state index contributed by atoms with van der Waals surface area (Å²) >= 11 is 1.74. The molecule has 0 saturated heterocycles. The van der Waals surface area contributed by atoms with Crippen LogP contribution in [-0.2, 0) is 6.54 Å². The molecule has 0 amide bonds. The van der Waals surface area contributed by atoms with Crippen LogP contribution in [0.3, 0.4) is 0 Å². The highest BCUT2D eigenvalue weighted by Gasteiger charge is 2.28. The molecule has 1 heterocycles. The third-order valence-electron chi connectivity index (χ3n) is 3.54. The summed E-state index contributed by atoms with van der Waals surface area (Å²) in [5, 5.41) is 3.35. The molecule has 1 fully saturated rings. The van der Waals surface area contributed by atoms with E-state index in [1.54, 1.807) is 11.3 Å². The number of benzene rings is 1. The lowest BCUT2D eigenvalue weighted by atomic mass is 10.2. The molecule has 20 heavy (non-hydrogen) atoms. The maximum absolute atomic E-state index is 4.58. The van der Waals surface area contributed by atoms with Gasteiger partial charge in [0, 0.05) is 24.5 Å². The van der Waals surface area contributed by atoms with Crippen molar-refractivity contribution in [1.82, 2.24) is 9.88 Å². The van der Waals surface area contributed by atoms with Crippen molar-refractivity contribution in [3.63, 3.8) is 0 Å². The molecule has 0 radical (unpaired) electrons. The van der Waals surface area contributed by atoms with E-state index < -0.39 is 0 Å². The fraction of sp³-hybridized carbons (Fsp3) is 0.353. The van der Waals surface area contributed by atoms with Crippen molar-refractivity contribution < 1.29 is 0 Å². The third kappa shape index (κ3) is 3.78. The molecule has 1 aromatic heterocycles. The Morgan fingerprint density at radius 3 is 2.75 bits per heavy atom. The predicted octanol–water partition coefficient (Wildman–Crippen LogP) is 4.13. The van der Waals surface area contributed by atoms with Gasteiger partial charge >= 0.3 is 0 Å². The van der Waals surface area contributed by atoms with E-state index in [9.17, 15) is 0 Å². The van der Waals surface area contributed by atoms with E-state index in [0.29, 0.717) is 0 Å². The molecule has 2 aromatic rings. The molecule has 0 aliphatic heterocycles. The molecule has 1 aromatic carbocycles. The summed E-state index contributed by atoms with van der Waals surface area (Å²) in [5.74, 6) is 0. The second kappa shape index (κ2) is 6.33. The first-order valence-electron chi connectivity index (χ1n) is 7.18. The molecule has 1 aliphatic rings. The van der Waals surface area contributed by atoms with Crippen LogP contribution in [0.2, 0.25) is 0 Å². The normalized spacial score (nSPS) is 15.3. The Balaban J connectivity index is 1.59. The first kappa shape index (κ1) is 13.5. The van der Waals surface area contributed by atoms with Crippen LogP contribution in [0.4, 0.5) is 0 Å². The predicted molar refractivity (Wildman–Crippen MR) is 85.8 cm³/mol. The Morgan fingerprint density at radius 2 is 2.10 bits per heavy atom. The highest BCUT2D eigenvalue weighted by Crippen LogP contribution is 2.28. The molecular weight excluding hydrogens is 264 g/mol. The number of hydrogen-bond acceptors (Lipinski definition) is 3. The molecule has 0 spiro atoms. The molecule has 1 aliphatic carbocycles. The third-order valence-corrected chi connectivity index (χ3v) is 4.37. The van der Waals surface area contributed by atoms with E-state index in [-0.39, 0.29) is 0 Å². The molecule has 0 bridgehead atoms. The Labute approximate surface area is 124 Å². The average molecular weight is 284 g/mol. The zero-order chi connectivity index (χ0) is 13.8. The van der Waals surface area contributed by atoms with Gasteiger partial charge in [-0.1, -0.05) is 42.5 Å². The van der Waals surface area contributed by atoms with Crippen LogP contribution in [-0.4, -0.2) is 22.5 Å². The van der Waals surface area contributed by atoms with E-state index in [1.807, 2.05) is 0 Å². The second-order valence-corrected chi connectivity index (χ2v) is 6.39. The number of rotatable bonds is 6. The molecule has 3 rings (SSSR count). The SMILES string of the molecule is Cc1nc(CN(C/C=C/c2ccccc2)C2CC2)cs1. The van der Waals surface area contributed by atoms with E-state index in [1.165, 1.54) is 24.1 Å². The lowest BCUT2D eigenvalue weighted by molar-refractivity contribution is 0.281. The topological polar surface area (TPSA) is 16.1 Å². The van der Waals surface area contributed by atoms with Gasteiger partial charge in [0.1, 0.15) is 0 Å². The van der Waals surface area contributed by atoms with Gasteiger partial charge in [0.25, 0.3) is 0 Å². The van der Waals surface area contributed by atoms with Crippen molar-refractivity contribution in [2.45, 2.75) is 32.4 Å². The van der Waals surface area contributed by atoms with Crippen molar-refractivity contribution >= 4 is 17.4 Å². The first-order chi connectivity index (χ1) is 9.81. The lowest BCUT2D eigenvalue weighted by Crippen LogP contribution is -2.25. The minimum absolute atomic E-state index is 0.762. The maximum Gasteiger partial charge on any atom is 0.0897 e. The summed E-state index contributed by atoms with van der Waals surface area (Å²) in [4.78, 5) is 7.12. The van der Waals surface area contributed by atoms with Crippen molar-refractivity contribution in [2.24, 2.45) is 0 Å². The zero-order valence-corrected chi connectivity index (χ0v) is 12.6. The van der Waals surface area contributed by atoms with Crippen LogP contribution < -0.4 is 0 Å². The van der Waals surface area contributed by atoms with Crippen LogP contribution in [0.15, 0.2) is 41.8 Å². The van der Waals surface area contributed by atoms with Crippen LogP contribution in [0, 0.1) is 6.92 Å². The molecule has 104 valence electrons. The molecule has 0 atom stereocenters. The first-order valence-corrected chi connectivity index (χ1v) is 8.06. The van der Waals surface area contributed by atoms with E-state index in [4.69, 9.17) is 0 Å². The second-order valence-electron chi connectivity index (χ2n) is 5.33. The quantitative estimate of drug-likeness (QED) is 0.793. The van der Waals surface area contributed by atoms with Gasteiger partial charge in [-0.15, -0.1) is 11.3 Å². The smallest absolute Gasteiger partial charge is 0.0897 e. The van der Waals surface area contributed by atoms with Crippen LogP contribution in [0.5, 0.6) is 0 Å². The van der Waals surface area contributed by atoms with Gasteiger partial charge in [-0.3, -0.25) is 4.90 Å². The van der Waals surface area contributed by atoms with Crippen molar-refractivity contribution in [3.05, 3.63) is 58.1 Å². The van der Waals surface area contributed by atoms with Gasteiger partial charge in [0.2, 0.25) is 0 Å². The van der Waals surface area contributed by atoms with E-state index >= 15 is 0 Å². The number of thiazole rings is 1. The van der Waals surface area contributed by atoms with Gasteiger partial charge in [0.15, 0.2) is 0 Å². The number of nitrogens with zero attached hydrogens (tertiary/aromatic N) is 2. The number of hydrogen-bond donors (Lipinski definition) is 0. The minimum atomic E-state index is 0.762. The molecular formula is C17H20N2S. The zero-order valence-electron chi connectivity index (χ0n) is 11.8. The van der Waals surface area contributed by atoms with Crippen molar-refractivity contribution in [2.75, 3.05) is 6.54 Å². The van der Waals surface area contributed by atoms with E-state index in [0.717, 1.165) is 24.1 Å². The van der Waals surface area contributed by atoms with Crippen LogP contribution >= 0.6 is 11.3 Å². The molecule has 0 unspecified atom stereocenters. The Morgan fingerprint density at radius 1 is 1.30 bits per heavy atom. The summed E-state index contributed by atoms with van der Waals surface area (Å²) in [7, 11) is 0. The average Bonchev–Trinajstić information content (AvgIpc) is 3.23. The Hall–Kier alpha value is -1.45. The largest absolute Gasteiger partial charge is 0.291 e. The fourth-order valence-corrected chi connectivity index (χ4v) is 2.96. The summed E-state index contributed by atoms with van der Waals surface area (Å²) in [6.45, 7) is 4.06. The number of aromatic nitrogens is 1. The summed E-state index contributed by atoms with van der Waals surface area (Å²) < 4.78 is 0. The highest BCUT2D eigenvalue weighted by molar-refractivity contribution is 7.09. The van der Waals surface area contributed by atoms with Gasteiger partial charge in [-0.2, -0.15) is 0 Å². The van der Waals surface area contributed by atoms with Gasteiger partial charge in [0.05, 0.1) is 10.7 Å². The summed E-state index contributed by atoms with van der Waals surface area (Å²) in [6, 6.07) is 11.3. The summed E-state index contributed by atoms with van der Waals surface area (Å²) in [6.07, 6.45) is 7.15. The van der Waals surface area contributed by atoms with Crippen LogP contribution in [0.1, 0.15) is 29.1 Å². The molecule has 0 N–H and O–H groups in total. The van der Waals surface area contributed by atoms with Crippen LogP contribution in [0.25, 0.3) is 6.08 Å². The van der Waals surface area contributed by atoms with Crippen molar-refractivity contribution in [3.8, 4) is 0 Å². The van der Waals surface area contributed by atoms with E-state index in [2.05, 4.69) is 64.7 Å². The molecule has 2 nitrogen and oxygen atoms in total. The molecule has 1 saturated carbocycles. The minimum Gasteiger partial charge on any atom is -0.291 e. The molecule has 3 heteroatoms. The Kier molecular flexibility index (Phi) is 4.28. The van der Waals surface area contributed by atoms with Gasteiger partial charge in [-0.05, 0) is 25.3 Å². The van der Waals surface area contributed by atoms with Crippen molar-refractivity contribution in [1.29, 1.82) is 0 Å². The van der Waals surface area contributed by atoms with Gasteiger partial charge < -0.3 is 0 Å². The highest BCUT2D eigenvalue weighted by atomic mass is 32.1. The van der Waals surface area contributed by atoms with Gasteiger partial charge in [-0.25, -0.2) is 4.98 Å². The lowest BCUT2D eigenvalue weighted by Gasteiger charge is -2.18. The number of aryl methyl sites for hydroxylation is 1. The fourth-order valence-electron chi connectivity index (χ4n) is 2.36. The maximum atomic E-state index is 4.58. The Bertz CT molecular complexity index is 570. The monoisotopic (exact) mass is 284 g/mol. The standard InChI is InChI=1S/C17H20N2S/c1-14-18-16(13-20-14)12-19(17-9-10-17)11-5-8-15-6-3-2-4-7-15/h2-8,13,17H,9-12H2,1H3/b8-5+.